The fourth-order valence-corrected chi connectivity index (χ4v) is 3.08. The summed E-state index contributed by atoms with van der Waals surface area (Å²) < 4.78 is 7.03. The molecule has 2 aromatic heterocycles. The Bertz CT molecular complexity index is 693. The molecule has 3 N–H and O–H groups in total. The zero-order chi connectivity index (χ0) is 15.3. The van der Waals surface area contributed by atoms with Crippen LogP contribution in [0.25, 0.3) is 5.65 Å². The second-order valence-corrected chi connectivity index (χ2v) is 5.91. The van der Waals surface area contributed by atoms with Crippen molar-refractivity contribution in [3.05, 3.63) is 33.2 Å². The molecule has 0 saturated carbocycles. The number of aliphatic hydroxyl groups is 3. The maximum Gasteiger partial charge on any atom is 0.148 e. The summed E-state index contributed by atoms with van der Waals surface area (Å²) in [7, 11) is 0. The zero-order valence-corrected chi connectivity index (χ0v) is 12.7. The molecule has 0 unspecified atom stereocenters. The van der Waals surface area contributed by atoms with E-state index < -0.39 is 31.0 Å². The van der Waals surface area contributed by atoms with E-state index in [-0.39, 0.29) is 15.2 Å². The van der Waals surface area contributed by atoms with Crippen molar-refractivity contribution >= 4 is 40.4 Å². The molecule has 3 rings (SSSR count). The van der Waals surface area contributed by atoms with E-state index in [1.54, 1.807) is 0 Å². The van der Waals surface area contributed by atoms with Gasteiger partial charge in [0.2, 0.25) is 0 Å². The van der Waals surface area contributed by atoms with Crippen LogP contribution in [0.2, 0.25) is 15.2 Å². The van der Waals surface area contributed by atoms with Gasteiger partial charge in [-0.2, -0.15) is 0 Å². The number of pyridine rings is 1. The molecule has 21 heavy (non-hydrogen) atoms. The Morgan fingerprint density at radius 1 is 1.24 bits per heavy atom. The SMILES string of the molecule is OC[C@H]1O[C@@H](c2c(Cl)c(Cl)cc3nc(Cl)cn23)[C@H](O)[C@@H]1O. The van der Waals surface area contributed by atoms with Crippen molar-refractivity contribution < 1.29 is 20.1 Å². The summed E-state index contributed by atoms with van der Waals surface area (Å²) >= 11 is 18.1. The van der Waals surface area contributed by atoms with Gasteiger partial charge < -0.3 is 20.1 Å². The van der Waals surface area contributed by atoms with Crippen molar-refractivity contribution in [2.45, 2.75) is 24.4 Å². The van der Waals surface area contributed by atoms with Gasteiger partial charge in [-0.3, -0.25) is 4.40 Å². The number of aromatic nitrogens is 2. The van der Waals surface area contributed by atoms with E-state index in [1.165, 1.54) is 16.7 Å². The predicted molar refractivity (Wildman–Crippen MR) is 76.9 cm³/mol. The maximum atomic E-state index is 10.1. The molecule has 1 aliphatic heterocycles. The first-order chi connectivity index (χ1) is 9.93. The highest BCUT2D eigenvalue weighted by molar-refractivity contribution is 6.42. The van der Waals surface area contributed by atoms with E-state index in [4.69, 9.17) is 44.6 Å². The van der Waals surface area contributed by atoms with Crippen LogP contribution in [0.5, 0.6) is 0 Å². The van der Waals surface area contributed by atoms with Crippen LogP contribution in [0.4, 0.5) is 0 Å². The molecule has 114 valence electrons. The van der Waals surface area contributed by atoms with E-state index >= 15 is 0 Å². The molecule has 4 atom stereocenters. The Morgan fingerprint density at radius 2 is 1.95 bits per heavy atom. The first kappa shape index (κ1) is 15.3. The number of hydrogen-bond acceptors (Lipinski definition) is 5. The van der Waals surface area contributed by atoms with Gasteiger partial charge >= 0.3 is 0 Å². The highest BCUT2D eigenvalue weighted by Gasteiger charge is 2.45. The summed E-state index contributed by atoms with van der Waals surface area (Å²) in [6.45, 7) is -0.430. The molecule has 3 heterocycles. The smallest absolute Gasteiger partial charge is 0.148 e. The average Bonchev–Trinajstić information content (AvgIpc) is 2.93. The minimum Gasteiger partial charge on any atom is -0.394 e. The van der Waals surface area contributed by atoms with Crippen molar-refractivity contribution in [2.24, 2.45) is 0 Å². The lowest BCUT2D eigenvalue weighted by atomic mass is 10.1. The van der Waals surface area contributed by atoms with Gasteiger partial charge in [0.05, 0.1) is 22.3 Å². The quantitative estimate of drug-likeness (QED) is 0.761. The second-order valence-electron chi connectivity index (χ2n) is 4.74. The fourth-order valence-electron chi connectivity index (χ4n) is 2.45. The highest BCUT2D eigenvalue weighted by Crippen LogP contribution is 2.40. The molecule has 0 aliphatic carbocycles. The monoisotopic (exact) mass is 352 g/mol. The van der Waals surface area contributed by atoms with Crippen molar-refractivity contribution in [3.63, 3.8) is 0 Å². The Hall–Kier alpha value is -0.600. The van der Waals surface area contributed by atoms with Gasteiger partial charge in [0.25, 0.3) is 0 Å². The number of imidazole rings is 1. The predicted octanol–water partition coefficient (Wildman–Crippen LogP) is 1.45. The van der Waals surface area contributed by atoms with E-state index in [0.717, 1.165) is 0 Å². The Kier molecular flexibility index (Phi) is 4.04. The van der Waals surface area contributed by atoms with Crippen LogP contribution in [0, 0.1) is 0 Å². The van der Waals surface area contributed by atoms with Gasteiger partial charge in [0.1, 0.15) is 35.2 Å². The lowest BCUT2D eigenvalue weighted by molar-refractivity contribution is -0.0242. The molecular formula is C12H11Cl3N2O4. The number of fused-ring (bicyclic) bond motifs is 1. The topological polar surface area (TPSA) is 87.2 Å². The summed E-state index contributed by atoms with van der Waals surface area (Å²) in [4.78, 5) is 4.07. The fraction of sp³-hybridized carbons (Fsp3) is 0.417. The van der Waals surface area contributed by atoms with Crippen LogP contribution < -0.4 is 0 Å². The summed E-state index contributed by atoms with van der Waals surface area (Å²) in [5.41, 5.74) is 0.753. The van der Waals surface area contributed by atoms with Gasteiger partial charge in [-0.1, -0.05) is 34.8 Å². The van der Waals surface area contributed by atoms with E-state index in [0.29, 0.717) is 11.3 Å². The number of hydrogen-bond donors (Lipinski definition) is 3. The molecule has 1 fully saturated rings. The van der Waals surface area contributed by atoms with Crippen molar-refractivity contribution in [1.29, 1.82) is 0 Å². The molecule has 6 nitrogen and oxygen atoms in total. The first-order valence-electron chi connectivity index (χ1n) is 6.09. The van der Waals surface area contributed by atoms with Crippen molar-refractivity contribution in [1.82, 2.24) is 9.38 Å². The van der Waals surface area contributed by atoms with Crippen molar-refractivity contribution in [2.75, 3.05) is 6.61 Å². The molecule has 0 bridgehead atoms. The summed E-state index contributed by atoms with van der Waals surface area (Å²) in [6.07, 6.45) is -2.86. The number of halogens is 3. The third kappa shape index (κ3) is 2.41. The molecular weight excluding hydrogens is 343 g/mol. The maximum absolute atomic E-state index is 10.1. The van der Waals surface area contributed by atoms with E-state index in [9.17, 15) is 10.2 Å². The van der Waals surface area contributed by atoms with E-state index in [1.807, 2.05) is 0 Å². The van der Waals surface area contributed by atoms with Crippen LogP contribution >= 0.6 is 34.8 Å². The van der Waals surface area contributed by atoms with Gasteiger partial charge in [-0.05, 0) is 0 Å². The summed E-state index contributed by atoms with van der Waals surface area (Å²) in [6, 6.07) is 1.53. The molecule has 1 aliphatic rings. The van der Waals surface area contributed by atoms with Crippen LogP contribution in [0.1, 0.15) is 11.8 Å². The number of nitrogens with zero attached hydrogens (tertiary/aromatic N) is 2. The normalized spacial score (nSPS) is 29.4. The molecule has 2 aromatic rings. The number of aliphatic hydroxyl groups excluding tert-OH is 3. The number of rotatable bonds is 2. The largest absolute Gasteiger partial charge is 0.394 e. The van der Waals surface area contributed by atoms with Gasteiger partial charge in [-0.25, -0.2) is 4.98 Å². The van der Waals surface area contributed by atoms with Crippen molar-refractivity contribution in [3.8, 4) is 0 Å². The second kappa shape index (κ2) is 5.55. The Labute approximate surface area is 134 Å². The molecule has 0 radical (unpaired) electrons. The third-order valence-corrected chi connectivity index (χ3v) is 4.44. The average molecular weight is 354 g/mol. The van der Waals surface area contributed by atoms with Crippen LogP contribution in [-0.4, -0.2) is 49.6 Å². The number of ether oxygens (including phenoxy) is 1. The minimum absolute atomic E-state index is 0.160. The Morgan fingerprint density at radius 3 is 2.57 bits per heavy atom. The minimum atomic E-state index is -1.26. The standard InChI is InChI=1S/C12H11Cl3N2O4/c13-4-1-7-16-6(14)2-17(7)9(8(4)15)12-11(20)10(19)5(3-18)21-12/h1-2,5,10-12,18-20H,3H2/t5-,10-,11-,12+/m1/s1. The Balaban J connectivity index is 2.18. The summed E-state index contributed by atoms with van der Waals surface area (Å²) in [5, 5.41) is 29.8. The van der Waals surface area contributed by atoms with Crippen LogP contribution in [-0.2, 0) is 4.74 Å². The third-order valence-electron chi connectivity index (χ3n) is 3.47. The van der Waals surface area contributed by atoms with Crippen LogP contribution in [0.3, 0.4) is 0 Å². The van der Waals surface area contributed by atoms with Gasteiger partial charge in [0.15, 0.2) is 0 Å². The molecule has 0 amide bonds. The first-order valence-corrected chi connectivity index (χ1v) is 7.22. The molecule has 0 aromatic carbocycles. The highest BCUT2D eigenvalue weighted by atomic mass is 35.5. The van der Waals surface area contributed by atoms with E-state index in [2.05, 4.69) is 4.98 Å². The van der Waals surface area contributed by atoms with Gasteiger partial charge in [0, 0.05) is 12.3 Å². The lowest BCUT2D eigenvalue weighted by Gasteiger charge is -2.18. The molecule has 0 spiro atoms. The van der Waals surface area contributed by atoms with Crippen LogP contribution in [0.15, 0.2) is 12.3 Å². The lowest BCUT2D eigenvalue weighted by Crippen LogP contribution is -2.32. The summed E-state index contributed by atoms with van der Waals surface area (Å²) in [5.74, 6) is 0. The molecule has 1 saturated heterocycles. The zero-order valence-electron chi connectivity index (χ0n) is 10.4. The molecule has 9 heteroatoms. The van der Waals surface area contributed by atoms with Gasteiger partial charge in [-0.15, -0.1) is 0 Å².